The number of imidazole rings is 1. The zero-order chi connectivity index (χ0) is 20.4. The number of carbonyl (C=O) groups is 1. The van der Waals surface area contributed by atoms with Crippen molar-refractivity contribution >= 4 is 5.91 Å². The van der Waals surface area contributed by atoms with Gasteiger partial charge in [-0.2, -0.15) is 13.2 Å². The summed E-state index contributed by atoms with van der Waals surface area (Å²) in [4.78, 5) is 22.7. The van der Waals surface area contributed by atoms with Crippen LogP contribution in [0.5, 0.6) is 0 Å². The number of hydrogen-bond acceptors (Lipinski definition) is 4. The van der Waals surface area contributed by atoms with Crippen molar-refractivity contribution in [2.45, 2.75) is 50.6 Å². The maximum atomic E-state index is 13.0. The lowest BCUT2D eigenvalue weighted by Gasteiger charge is -2.41. The van der Waals surface area contributed by atoms with E-state index < -0.39 is 11.7 Å². The van der Waals surface area contributed by atoms with Gasteiger partial charge in [0.25, 0.3) is 0 Å². The third-order valence-electron chi connectivity index (χ3n) is 5.65. The van der Waals surface area contributed by atoms with Crippen LogP contribution < -0.4 is 5.32 Å². The molecule has 156 valence electrons. The first-order valence-corrected chi connectivity index (χ1v) is 9.70. The third-order valence-corrected chi connectivity index (χ3v) is 5.65. The number of benzene rings is 1. The molecule has 6 nitrogen and oxygen atoms in total. The van der Waals surface area contributed by atoms with Crippen LogP contribution >= 0.6 is 0 Å². The standard InChI is InChI=1S/C20H23F3N4O2/c21-20(22,23)14-3-1-13(2-4-14)10-24-19(28)18-9-16-17(26-12-25-16)11-27(18)15-5-7-29-8-6-15/h1-4,12,15,18H,5-11H2,(H,24,28)(H,25,26)/t18-/m0/s1. The first-order chi connectivity index (χ1) is 13.9. The van der Waals surface area contributed by atoms with E-state index in [-0.39, 0.29) is 24.5 Å². The second-order valence-corrected chi connectivity index (χ2v) is 7.48. The minimum absolute atomic E-state index is 0.134. The van der Waals surface area contributed by atoms with Crippen molar-refractivity contribution in [3.05, 3.63) is 53.1 Å². The lowest BCUT2D eigenvalue weighted by atomic mass is 9.96. The number of carbonyl (C=O) groups excluding carboxylic acids is 1. The topological polar surface area (TPSA) is 70.2 Å². The van der Waals surface area contributed by atoms with Crippen LogP contribution in [0.4, 0.5) is 13.2 Å². The van der Waals surface area contributed by atoms with E-state index in [0.717, 1.165) is 36.4 Å². The van der Waals surface area contributed by atoms with Gasteiger partial charge in [-0.15, -0.1) is 0 Å². The summed E-state index contributed by atoms with van der Waals surface area (Å²) in [5.41, 5.74) is 1.85. The van der Waals surface area contributed by atoms with Crippen LogP contribution in [-0.2, 0) is 35.2 Å². The fourth-order valence-electron chi connectivity index (χ4n) is 4.02. The van der Waals surface area contributed by atoms with Crippen molar-refractivity contribution in [1.82, 2.24) is 20.2 Å². The number of alkyl halides is 3. The first-order valence-electron chi connectivity index (χ1n) is 9.70. The molecule has 0 bridgehead atoms. The zero-order valence-corrected chi connectivity index (χ0v) is 15.8. The number of H-pyrrole nitrogens is 1. The lowest BCUT2D eigenvalue weighted by Crippen LogP contribution is -2.55. The van der Waals surface area contributed by atoms with Crippen molar-refractivity contribution in [3.63, 3.8) is 0 Å². The number of nitrogens with one attached hydrogen (secondary N) is 2. The Morgan fingerprint density at radius 2 is 1.97 bits per heavy atom. The molecule has 0 unspecified atom stereocenters. The fraction of sp³-hybridized carbons (Fsp3) is 0.500. The van der Waals surface area contributed by atoms with E-state index in [9.17, 15) is 18.0 Å². The van der Waals surface area contributed by atoms with E-state index in [1.807, 2.05) is 0 Å². The Balaban J connectivity index is 1.44. The second-order valence-electron chi connectivity index (χ2n) is 7.48. The molecule has 1 fully saturated rings. The van der Waals surface area contributed by atoms with Gasteiger partial charge in [0.1, 0.15) is 0 Å². The number of hydrogen-bond donors (Lipinski definition) is 2. The van der Waals surface area contributed by atoms with Gasteiger partial charge < -0.3 is 15.0 Å². The Labute approximate surface area is 166 Å². The van der Waals surface area contributed by atoms with Crippen molar-refractivity contribution in [2.24, 2.45) is 0 Å². The summed E-state index contributed by atoms with van der Waals surface area (Å²) < 4.78 is 43.5. The molecule has 29 heavy (non-hydrogen) atoms. The number of halogens is 3. The Morgan fingerprint density at radius 3 is 2.66 bits per heavy atom. The quantitative estimate of drug-likeness (QED) is 0.816. The molecular weight excluding hydrogens is 385 g/mol. The molecule has 1 aromatic heterocycles. The largest absolute Gasteiger partial charge is 0.416 e. The smallest absolute Gasteiger partial charge is 0.381 e. The minimum Gasteiger partial charge on any atom is -0.381 e. The Bertz CT molecular complexity index is 844. The van der Waals surface area contributed by atoms with Gasteiger partial charge in [-0.05, 0) is 30.5 Å². The van der Waals surface area contributed by atoms with Gasteiger partial charge in [-0.3, -0.25) is 9.69 Å². The maximum Gasteiger partial charge on any atom is 0.416 e. The average Bonchev–Trinajstić information content (AvgIpc) is 3.19. The van der Waals surface area contributed by atoms with Gasteiger partial charge in [0, 0.05) is 38.8 Å². The number of aromatic nitrogens is 2. The van der Waals surface area contributed by atoms with E-state index in [2.05, 4.69) is 20.2 Å². The molecule has 2 aliphatic rings. The first kappa shape index (κ1) is 19.9. The van der Waals surface area contributed by atoms with E-state index in [0.29, 0.717) is 31.7 Å². The van der Waals surface area contributed by atoms with Gasteiger partial charge in [-0.1, -0.05) is 12.1 Å². The van der Waals surface area contributed by atoms with Crippen LogP contribution in [-0.4, -0.2) is 46.1 Å². The van der Waals surface area contributed by atoms with Crippen LogP contribution in [0.15, 0.2) is 30.6 Å². The summed E-state index contributed by atoms with van der Waals surface area (Å²) in [6.07, 6.45) is -0.474. The van der Waals surface area contributed by atoms with Crippen molar-refractivity contribution in [2.75, 3.05) is 13.2 Å². The molecule has 2 aromatic rings. The molecule has 1 atom stereocenters. The Morgan fingerprint density at radius 1 is 1.24 bits per heavy atom. The Kier molecular flexibility index (Phi) is 5.60. The van der Waals surface area contributed by atoms with E-state index >= 15 is 0 Å². The van der Waals surface area contributed by atoms with Crippen LogP contribution in [0, 0.1) is 0 Å². The lowest BCUT2D eigenvalue weighted by molar-refractivity contribution is -0.137. The average molecular weight is 408 g/mol. The predicted octanol–water partition coefficient (Wildman–Crippen LogP) is 2.65. The van der Waals surface area contributed by atoms with Crippen LogP contribution in [0.25, 0.3) is 0 Å². The van der Waals surface area contributed by atoms with Gasteiger partial charge in [-0.25, -0.2) is 4.98 Å². The van der Waals surface area contributed by atoms with Crippen molar-refractivity contribution in [1.29, 1.82) is 0 Å². The third kappa shape index (κ3) is 4.45. The molecule has 1 amide bonds. The van der Waals surface area contributed by atoms with E-state index in [4.69, 9.17) is 4.74 Å². The number of amides is 1. The number of nitrogens with zero attached hydrogens (tertiary/aromatic N) is 2. The number of ether oxygens (including phenoxy) is 1. The van der Waals surface area contributed by atoms with Gasteiger partial charge in [0.15, 0.2) is 0 Å². The summed E-state index contributed by atoms with van der Waals surface area (Å²) in [5, 5.41) is 2.89. The monoisotopic (exact) mass is 408 g/mol. The summed E-state index contributed by atoms with van der Waals surface area (Å²) >= 11 is 0. The highest BCUT2D eigenvalue weighted by Crippen LogP contribution is 2.29. The van der Waals surface area contributed by atoms with Crippen LogP contribution in [0.2, 0.25) is 0 Å². The van der Waals surface area contributed by atoms with Gasteiger partial charge in [0.2, 0.25) is 5.91 Å². The molecule has 1 saturated heterocycles. The summed E-state index contributed by atoms with van der Waals surface area (Å²) in [5.74, 6) is -0.134. The van der Waals surface area contributed by atoms with Crippen LogP contribution in [0.1, 0.15) is 35.4 Å². The molecule has 0 aliphatic carbocycles. The zero-order valence-electron chi connectivity index (χ0n) is 15.8. The van der Waals surface area contributed by atoms with Gasteiger partial charge >= 0.3 is 6.18 Å². The maximum absolute atomic E-state index is 13.0. The van der Waals surface area contributed by atoms with Crippen molar-refractivity contribution in [3.8, 4) is 0 Å². The number of aromatic amines is 1. The fourth-order valence-corrected chi connectivity index (χ4v) is 4.02. The van der Waals surface area contributed by atoms with E-state index in [1.54, 1.807) is 6.33 Å². The van der Waals surface area contributed by atoms with E-state index in [1.165, 1.54) is 12.1 Å². The summed E-state index contributed by atoms with van der Waals surface area (Å²) in [6.45, 7) is 2.16. The van der Waals surface area contributed by atoms with Crippen LogP contribution in [0.3, 0.4) is 0 Å². The molecule has 2 N–H and O–H groups in total. The molecule has 0 spiro atoms. The second kappa shape index (κ2) is 8.16. The normalized spacial score (nSPS) is 21.0. The van der Waals surface area contributed by atoms with Crippen molar-refractivity contribution < 1.29 is 22.7 Å². The number of fused-ring (bicyclic) bond motifs is 1. The molecule has 4 rings (SSSR count). The van der Waals surface area contributed by atoms with Gasteiger partial charge in [0.05, 0.1) is 29.3 Å². The molecule has 9 heteroatoms. The molecule has 1 aromatic carbocycles. The molecule has 0 saturated carbocycles. The minimum atomic E-state index is -4.37. The highest BCUT2D eigenvalue weighted by Gasteiger charge is 2.37. The summed E-state index contributed by atoms with van der Waals surface area (Å²) in [7, 11) is 0. The Hall–Kier alpha value is -2.39. The highest BCUT2D eigenvalue weighted by molar-refractivity contribution is 5.82. The highest BCUT2D eigenvalue weighted by atomic mass is 19.4. The predicted molar refractivity (Wildman–Crippen MR) is 98.8 cm³/mol. The summed E-state index contributed by atoms with van der Waals surface area (Å²) in [6, 6.07) is 4.75. The molecular formula is C20H23F3N4O2. The molecule has 2 aliphatic heterocycles. The molecule has 0 radical (unpaired) electrons. The molecule has 3 heterocycles. The SMILES string of the molecule is O=C(NCc1ccc(C(F)(F)F)cc1)[C@@H]1Cc2nc[nH]c2CN1C1CCOCC1. The number of rotatable bonds is 4.